The van der Waals surface area contributed by atoms with Crippen LogP contribution in [0.3, 0.4) is 0 Å². The molecule has 0 saturated carbocycles. The maximum absolute atomic E-state index is 11.6. The molecule has 0 aliphatic rings. The fraction of sp³-hybridized carbons (Fsp3) is 0.882. The summed E-state index contributed by atoms with van der Waals surface area (Å²) < 4.78 is 16.0. The van der Waals surface area contributed by atoms with Crippen LogP contribution in [0.5, 0.6) is 0 Å². The van der Waals surface area contributed by atoms with Crippen molar-refractivity contribution >= 4 is 11.9 Å². The summed E-state index contributed by atoms with van der Waals surface area (Å²) in [5.74, 6) is -0.335. The third kappa shape index (κ3) is 15.7. The fourth-order valence-corrected chi connectivity index (χ4v) is 1.91. The molecule has 7 heteroatoms. The highest BCUT2D eigenvalue weighted by atomic mass is 16.5. The lowest BCUT2D eigenvalue weighted by molar-refractivity contribution is -0.147. The average molecular weight is 346 g/mol. The summed E-state index contributed by atoms with van der Waals surface area (Å²) in [4.78, 5) is 22.9. The summed E-state index contributed by atoms with van der Waals surface area (Å²) in [5.41, 5.74) is 0. The van der Waals surface area contributed by atoms with Crippen LogP contribution in [-0.2, 0) is 23.8 Å². The van der Waals surface area contributed by atoms with Gasteiger partial charge in [0, 0.05) is 19.4 Å². The molecule has 24 heavy (non-hydrogen) atoms. The molecule has 0 radical (unpaired) electrons. The first-order valence-electron chi connectivity index (χ1n) is 8.75. The molecule has 0 rings (SSSR count). The molecule has 0 bridgehead atoms. The molecule has 0 heterocycles. The summed E-state index contributed by atoms with van der Waals surface area (Å²) in [6.45, 7) is 8.56. The van der Waals surface area contributed by atoms with Gasteiger partial charge in [0.2, 0.25) is 5.91 Å². The Labute approximate surface area is 145 Å². The van der Waals surface area contributed by atoms with E-state index in [0.29, 0.717) is 39.2 Å². The van der Waals surface area contributed by atoms with E-state index in [-0.39, 0.29) is 30.5 Å². The van der Waals surface area contributed by atoms with Gasteiger partial charge in [0.05, 0.1) is 32.0 Å². The van der Waals surface area contributed by atoms with Gasteiger partial charge in [-0.25, -0.2) is 0 Å². The van der Waals surface area contributed by atoms with Crippen LogP contribution in [0.15, 0.2) is 0 Å². The number of hydrogen-bond donors (Lipinski definition) is 2. The molecule has 0 saturated heterocycles. The number of ether oxygens (including phenoxy) is 3. The minimum Gasteiger partial charge on any atom is -0.463 e. The molecule has 0 aliphatic carbocycles. The van der Waals surface area contributed by atoms with Crippen molar-refractivity contribution < 1.29 is 23.8 Å². The Bertz CT molecular complexity index is 337. The van der Waals surface area contributed by atoms with Gasteiger partial charge in [-0.05, 0) is 47.2 Å². The predicted molar refractivity (Wildman–Crippen MR) is 92.9 cm³/mol. The zero-order valence-electron chi connectivity index (χ0n) is 15.6. The standard InChI is InChI=1S/C17H34N2O5/c1-14(2)24-17(21)7-5-6-16(20)19-10-11-22-12-13-23-15(3)8-9-18-4/h14-15,18H,5-13H2,1-4H3,(H,19,20). The highest BCUT2D eigenvalue weighted by Crippen LogP contribution is 2.00. The molecule has 1 atom stereocenters. The number of carbonyl (C=O) groups is 2. The van der Waals surface area contributed by atoms with Gasteiger partial charge in [0.1, 0.15) is 0 Å². The minimum atomic E-state index is -0.259. The summed E-state index contributed by atoms with van der Waals surface area (Å²) in [6, 6.07) is 0. The second kappa shape index (κ2) is 15.4. The van der Waals surface area contributed by atoms with E-state index in [1.807, 2.05) is 14.0 Å². The monoisotopic (exact) mass is 346 g/mol. The summed E-state index contributed by atoms with van der Waals surface area (Å²) >= 11 is 0. The quantitative estimate of drug-likeness (QED) is 0.343. The van der Waals surface area contributed by atoms with Crippen molar-refractivity contribution in [2.45, 2.75) is 58.7 Å². The van der Waals surface area contributed by atoms with Crippen molar-refractivity contribution in [2.75, 3.05) is 40.0 Å². The topological polar surface area (TPSA) is 85.9 Å². The molecule has 2 N–H and O–H groups in total. The van der Waals surface area contributed by atoms with Crippen LogP contribution in [0.2, 0.25) is 0 Å². The van der Waals surface area contributed by atoms with Gasteiger partial charge in [-0.1, -0.05) is 0 Å². The molecule has 0 aromatic heterocycles. The Kier molecular flexibility index (Phi) is 14.6. The van der Waals surface area contributed by atoms with Gasteiger partial charge in [-0.15, -0.1) is 0 Å². The van der Waals surface area contributed by atoms with Gasteiger partial charge in [0.25, 0.3) is 0 Å². The summed E-state index contributed by atoms with van der Waals surface area (Å²) in [6.07, 6.45) is 2.15. The number of esters is 1. The molecule has 142 valence electrons. The van der Waals surface area contributed by atoms with E-state index in [9.17, 15) is 9.59 Å². The van der Waals surface area contributed by atoms with Crippen LogP contribution in [0.25, 0.3) is 0 Å². The van der Waals surface area contributed by atoms with Crippen molar-refractivity contribution in [1.82, 2.24) is 10.6 Å². The average Bonchev–Trinajstić information content (AvgIpc) is 2.51. The van der Waals surface area contributed by atoms with Crippen LogP contribution in [0.4, 0.5) is 0 Å². The van der Waals surface area contributed by atoms with Crippen molar-refractivity contribution in [3.05, 3.63) is 0 Å². The predicted octanol–water partition coefficient (Wildman–Crippen LogP) is 1.26. The first-order chi connectivity index (χ1) is 11.5. The molecule has 7 nitrogen and oxygen atoms in total. The summed E-state index contributed by atoms with van der Waals surface area (Å²) in [7, 11) is 1.92. The molecule has 0 fully saturated rings. The van der Waals surface area contributed by atoms with Gasteiger partial charge in [0.15, 0.2) is 0 Å². The molecule has 0 spiro atoms. The normalized spacial score (nSPS) is 12.2. The first-order valence-corrected chi connectivity index (χ1v) is 8.75. The zero-order valence-corrected chi connectivity index (χ0v) is 15.6. The van der Waals surface area contributed by atoms with Crippen LogP contribution in [0, 0.1) is 0 Å². The molecular weight excluding hydrogens is 312 g/mol. The van der Waals surface area contributed by atoms with Crippen molar-refractivity contribution in [3.8, 4) is 0 Å². The third-order valence-electron chi connectivity index (χ3n) is 3.15. The second-order valence-corrected chi connectivity index (χ2v) is 5.93. The number of hydrogen-bond acceptors (Lipinski definition) is 6. The van der Waals surface area contributed by atoms with Crippen LogP contribution < -0.4 is 10.6 Å². The highest BCUT2D eigenvalue weighted by Gasteiger charge is 2.07. The smallest absolute Gasteiger partial charge is 0.306 e. The second-order valence-electron chi connectivity index (χ2n) is 5.93. The highest BCUT2D eigenvalue weighted by molar-refractivity contribution is 5.77. The van der Waals surface area contributed by atoms with E-state index in [1.165, 1.54) is 0 Å². The molecule has 0 aromatic carbocycles. The molecule has 0 aromatic rings. The van der Waals surface area contributed by atoms with Crippen molar-refractivity contribution in [3.63, 3.8) is 0 Å². The van der Waals surface area contributed by atoms with E-state index < -0.39 is 0 Å². The number of carbonyl (C=O) groups excluding carboxylic acids is 2. The minimum absolute atomic E-state index is 0.0760. The third-order valence-corrected chi connectivity index (χ3v) is 3.15. The number of nitrogens with one attached hydrogen (secondary N) is 2. The van der Waals surface area contributed by atoms with Gasteiger partial charge < -0.3 is 24.8 Å². The van der Waals surface area contributed by atoms with E-state index in [4.69, 9.17) is 14.2 Å². The molecular formula is C17H34N2O5. The largest absolute Gasteiger partial charge is 0.463 e. The number of rotatable bonds is 15. The molecule has 0 aliphatic heterocycles. The number of amides is 1. The fourth-order valence-electron chi connectivity index (χ4n) is 1.91. The molecule has 1 amide bonds. The SMILES string of the molecule is CNCCC(C)OCCOCCNC(=O)CCCC(=O)OC(C)C. The van der Waals surface area contributed by atoms with E-state index in [2.05, 4.69) is 10.6 Å². The Balaban J connectivity index is 3.39. The Hall–Kier alpha value is -1.18. The lowest BCUT2D eigenvalue weighted by Crippen LogP contribution is -2.27. The van der Waals surface area contributed by atoms with Crippen LogP contribution in [-0.4, -0.2) is 64.0 Å². The van der Waals surface area contributed by atoms with Gasteiger partial charge >= 0.3 is 5.97 Å². The van der Waals surface area contributed by atoms with Crippen LogP contribution in [0.1, 0.15) is 46.5 Å². The lowest BCUT2D eigenvalue weighted by Gasteiger charge is -2.13. The lowest BCUT2D eigenvalue weighted by atomic mass is 10.2. The van der Waals surface area contributed by atoms with Crippen molar-refractivity contribution in [2.24, 2.45) is 0 Å². The maximum Gasteiger partial charge on any atom is 0.306 e. The van der Waals surface area contributed by atoms with Crippen LogP contribution >= 0.6 is 0 Å². The van der Waals surface area contributed by atoms with E-state index in [0.717, 1.165) is 13.0 Å². The Morgan fingerprint density at radius 1 is 1.00 bits per heavy atom. The van der Waals surface area contributed by atoms with Gasteiger partial charge in [-0.3, -0.25) is 9.59 Å². The summed E-state index contributed by atoms with van der Waals surface area (Å²) in [5, 5.41) is 5.84. The zero-order chi connectivity index (χ0) is 18.2. The van der Waals surface area contributed by atoms with E-state index >= 15 is 0 Å². The maximum atomic E-state index is 11.6. The molecule has 1 unspecified atom stereocenters. The Morgan fingerprint density at radius 2 is 1.75 bits per heavy atom. The van der Waals surface area contributed by atoms with Crippen molar-refractivity contribution in [1.29, 1.82) is 0 Å². The van der Waals surface area contributed by atoms with Gasteiger partial charge in [-0.2, -0.15) is 0 Å². The van der Waals surface area contributed by atoms with E-state index in [1.54, 1.807) is 13.8 Å². The Morgan fingerprint density at radius 3 is 2.42 bits per heavy atom. The first kappa shape index (κ1) is 22.8.